The second-order valence-electron chi connectivity index (χ2n) is 5.57. The Morgan fingerprint density at radius 3 is 2.85 bits per heavy atom. The molecule has 20 heavy (non-hydrogen) atoms. The first-order valence-electron chi connectivity index (χ1n) is 7.69. The molecule has 0 aliphatic heterocycles. The maximum Gasteiger partial charge on any atom is 0.251 e. The molecule has 1 amide bonds. The van der Waals surface area contributed by atoms with Crippen LogP contribution in [-0.4, -0.2) is 24.5 Å². The fraction of sp³-hybridized carbons (Fsp3) is 0.625. The van der Waals surface area contributed by atoms with Crippen LogP contribution in [0.25, 0.3) is 0 Å². The lowest BCUT2D eigenvalue weighted by molar-refractivity contribution is 0.0952. The summed E-state index contributed by atoms with van der Waals surface area (Å²) in [6.45, 7) is 2.89. The zero-order valence-corrected chi connectivity index (χ0v) is 12.5. The third-order valence-corrected chi connectivity index (χ3v) is 3.67. The zero-order valence-electron chi connectivity index (χ0n) is 12.5. The maximum absolute atomic E-state index is 12.2. The van der Waals surface area contributed by atoms with Gasteiger partial charge in [-0.3, -0.25) is 4.79 Å². The van der Waals surface area contributed by atoms with Crippen LogP contribution in [0, 0.1) is 5.92 Å². The lowest BCUT2D eigenvalue weighted by Gasteiger charge is -2.09. The van der Waals surface area contributed by atoms with Crippen LogP contribution in [0.4, 0.5) is 5.82 Å². The standard InChI is InChI=1S/C16H25N3O/c1-3-5-14-10-13(11-15(17-2)19-14)16(20)18-9-4-6-12-7-8-12/h10-12H,3-9H2,1-2H3,(H,17,19)(H,18,20). The molecule has 0 aromatic carbocycles. The molecule has 0 radical (unpaired) electrons. The van der Waals surface area contributed by atoms with E-state index in [-0.39, 0.29) is 5.91 Å². The van der Waals surface area contributed by atoms with Crippen LogP contribution in [0.15, 0.2) is 12.1 Å². The Morgan fingerprint density at radius 2 is 2.20 bits per heavy atom. The van der Waals surface area contributed by atoms with Crippen LogP contribution >= 0.6 is 0 Å². The topological polar surface area (TPSA) is 54.0 Å². The van der Waals surface area contributed by atoms with Crippen molar-refractivity contribution >= 4 is 11.7 Å². The van der Waals surface area contributed by atoms with E-state index in [1.807, 2.05) is 19.2 Å². The van der Waals surface area contributed by atoms with Gasteiger partial charge in [-0.25, -0.2) is 4.98 Å². The van der Waals surface area contributed by atoms with E-state index in [4.69, 9.17) is 0 Å². The van der Waals surface area contributed by atoms with Gasteiger partial charge in [0.15, 0.2) is 0 Å². The highest BCUT2D eigenvalue weighted by Gasteiger charge is 2.20. The molecule has 4 heteroatoms. The van der Waals surface area contributed by atoms with Crippen molar-refractivity contribution < 1.29 is 4.79 Å². The van der Waals surface area contributed by atoms with Crippen molar-refractivity contribution in [2.45, 2.75) is 45.4 Å². The SMILES string of the molecule is CCCc1cc(C(=O)NCCCC2CC2)cc(NC)n1. The van der Waals surface area contributed by atoms with Crippen LogP contribution in [0.3, 0.4) is 0 Å². The van der Waals surface area contributed by atoms with Crippen molar-refractivity contribution in [1.29, 1.82) is 0 Å². The average Bonchev–Trinajstić information content (AvgIpc) is 3.27. The minimum atomic E-state index is 0.0112. The molecule has 4 nitrogen and oxygen atoms in total. The van der Waals surface area contributed by atoms with Gasteiger partial charge in [0.2, 0.25) is 0 Å². The smallest absolute Gasteiger partial charge is 0.251 e. The number of nitrogens with zero attached hydrogens (tertiary/aromatic N) is 1. The van der Waals surface area contributed by atoms with Crippen LogP contribution in [0.5, 0.6) is 0 Å². The fourth-order valence-electron chi connectivity index (χ4n) is 2.33. The largest absolute Gasteiger partial charge is 0.373 e. The number of amides is 1. The lowest BCUT2D eigenvalue weighted by atomic mass is 10.1. The summed E-state index contributed by atoms with van der Waals surface area (Å²) in [5, 5.41) is 6.03. The molecule has 0 bridgehead atoms. The van der Waals surface area contributed by atoms with Gasteiger partial charge >= 0.3 is 0 Å². The molecule has 1 aliphatic rings. The van der Waals surface area contributed by atoms with Crippen LogP contribution in [0.2, 0.25) is 0 Å². The van der Waals surface area contributed by atoms with Crippen LogP contribution < -0.4 is 10.6 Å². The number of carbonyl (C=O) groups is 1. The van der Waals surface area contributed by atoms with E-state index in [1.165, 1.54) is 19.3 Å². The minimum Gasteiger partial charge on any atom is -0.373 e. The number of hydrogen-bond donors (Lipinski definition) is 2. The molecule has 1 aromatic heterocycles. The van der Waals surface area contributed by atoms with Gasteiger partial charge in [-0.2, -0.15) is 0 Å². The molecule has 0 atom stereocenters. The molecule has 0 saturated heterocycles. The first-order valence-corrected chi connectivity index (χ1v) is 7.69. The Morgan fingerprint density at radius 1 is 1.40 bits per heavy atom. The van der Waals surface area contributed by atoms with Crippen molar-refractivity contribution in [3.05, 3.63) is 23.4 Å². The quantitative estimate of drug-likeness (QED) is 0.717. The van der Waals surface area contributed by atoms with E-state index in [0.717, 1.165) is 43.2 Å². The number of anilines is 1. The summed E-state index contributed by atoms with van der Waals surface area (Å²) in [7, 11) is 1.83. The molecule has 2 N–H and O–H groups in total. The molecule has 1 fully saturated rings. The second kappa shape index (κ2) is 7.27. The highest BCUT2D eigenvalue weighted by Crippen LogP contribution is 2.33. The molecule has 1 aliphatic carbocycles. The zero-order chi connectivity index (χ0) is 14.4. The molecule has 2 rings (SSSR count). The fourth-order valence-corrected chi connectivity index (χ4v) is 2.33. The Bertz CT molecular complexity index is 455. The van der Waals surface area contributed by atoms with E-state index in [1.54, 1.807) is 0 Å². The van der Waals surface area contributed by atoms with Crippen molar-refractivity contribution in [3.8, 4) is 0 Å². The van der Waals surface area contributed by atoms with Gasteiger partial charge in [-0.15, -0.1) is 0 Å². The molecule has 1 saturated carbocycles. The summed E-state index contributed by atoms with van der Waals surface area (Å²) < 4.78 is 0. The summed E-state index contributed by atoms with van der Waals surface area (Å²) in [4.78, 5) is 16.6. The molecule has 1 aromatic rings. The molecule has 0 spiro atoms. The third kappa shape index (κ3) is 4.51. The molecular weight excluding hydrogens is 250 g/mol. The number of rotatable bonds is 8. The van der Waals surface area contributed by atoms with Gasteiger partial charge < -0.3 is 10.6 Å². The molecule has 1 heterocycles. The number of pyridine rings is 1. The lowest BCUT2D eigenvalue weighted by Crippen LogP contribution is -2.25. The third-order valence-electron chi connectivity index (χ3n) is 3.67. The van der Waals surface area contributed by atoms with Gasteiger partial charge in [0.1, 0.15) is 5.82 Å². The first-order chi connectivity index (χ1) is 9.72. The Labute approximate surface area is 121 Å². The van der Waals surface area contributed by atoms with Gasteiger partial charge in [-0.1, -0.05) is 26.2 Å². The van der Waals surface area contributed by atoms with Crippen LogP contribution in [0.1, 0.15) is 55.1 Å². The average molecular weight is 275 g/mol. The number of aromatic nitrogens is 1. The van der Waals surface area contributed by atoms with Crippen LogP contribution in [-0.2, 0) is 6.42 Å². The summed E-state index contributed by atoms with van der Waals surface area (Å²) in [5.41, 5.74) is 1.68. The summed E-state index contributed by atoms with van der Waals surface area (Å²) in [6.07, 6.45) is 7.02. The van der Waals surface area contributed by atoms with E-state index in [2.05, 4.69) is 22.5 Å². The monoisotopic (exact) mass is 275 g/mol. The highest BCUT2D eigenvalue weighted by atomic mass is 16.1. The number of aryl methyl sites for hydroxylation is 1. The van der Waals surface area contributed by atoms with Crippen molar-refractivity contribution in [3.63, 3.8) is 0 Å². The Kier molecular flexibility index (Phi) is 5.39. The van der Waals surface area contributed by atoms with Gasteiger partial charge in [0, 0.05) is 24.8 Å². The van der Waals surface area contributed by atoms with E-state index in [9.17, 15) is 4.79 Å². The minimum absolute atomic E-state index is 0.0112. The predicted molar refractivity (Wildman–Crippen MR) is 82.1 cm³/mol. The normalized spacial score (nSPS) is 14.1. The predicted octanol–water partition coefficient (Wildman–Crippen LogP) is 3.00. The van der Waals surface area contributed by atoms with E-state index < -0.39 is 0 Å². The van der Waals surface area contributed by atoms with Gasteiger partial charge in [0.25, 0.3) is 5.91 Å². The number of hydrogen-bond acceptors (Lipinski definition) is 3. The molecule has 110 valence electrons. The number of nitrogens with one attached hydrogen (secondary N) is 2. The van der Waals surface area contributed by atoms with Gasteiger partial charge in [0.05, 0.1) is 0 Å². The van der Waals surface area contributed by atoms with Gasteiger partial charge in [-0.05, 0) is 37.3 Å². The molecular formula is C16H25N3O. The van der Waals surface area contributed by atoms with Crippen molar-refractivity contribution in [2.24, 2.45) is 5.92 Å². The van der Waals surface area contributed by atoms with Crippen molar-refractivity contribution in [2.75, 3.05) is 18.9 Å². The molecule has 0 unspecified atom stereocenters. The van der Waals surface area contributed by atoms with Crippen molar-refractivity contribution in [1.82, 2.24) is 10.3 Å². The Hall–Kier alpha value is -1.58. The maximum atomic E-state index is 12.2. The van der Waals surface area contributed by atoms with E-state index >= 15 is 0 Å². The Balaban J connectivity index is 1.90. The second-order valence-corrected chi connectivity index (χ2v) is 5.57. The summed E-state index contributed by atoms with van der Waals surface area (Å²) in [6, 6.07) is 3.72. The number of carbonyl (C=O) groups excluding carboxylic acids is 1. The van der Waals surface area contributed by atoms with E-state index in [0.29, 0.717) is 5.56 Å². The summed E-state index contributed by atoms with van der Waals surface area (Å²) in [5.74, 6) is 1.70. The summed E-state index contributed by atoms with van der Waals surface area (Å²) >= 11 is 0. The first kappa shape index (κ1) is 14.8. The highest BCUT2D eigenvalue weighted by molar-refractivity contribution is 5.95.